The molecule has 0 bridgehead atoms. The molecule has 8 heteroatoms. The average molecular weight is 425 g/mol. The van der Waals surface area contributed by atoms with Crippen LogP contribution in [0.3, 0.4) is 0 Å². The Morgan fingerprint density at radius 1 is 1.21 bits per heavy atom. The summed E-state index contributed by atoms with van der Waals surface area (Å²) >= 11 is 6.17. The zero-order valence-corrected chi connectivity index (χ0v) is 17.5. The van der Waals surface area contributed by atoms with Crippen LogP contribution in [-0.4, -0.2) is 38.9 Å². The number of nitrogens with zero attached hydrogens (tertiary/aromatic N) is 2. The second-order valence-corrected chi connectivity index (χ2v) is 8.69. The van der Waals surface area contributed by atoms with Crippen LogP contribution in [0, 0.1) is 5.82 Å². The summed E-state index contributed by atoms with van der Waals surface area (Å²) in [5.41, 5.74) is 0.463. The Morgan fingerprint density at radius 2 is 1.82 bits per heavy atom. The summed E-state index contributed by atoms with van der Waals surface area (Å²) < 4.78 is 40.9. The maximum atomic E-state index is 13.3. The minimum atomic E-state index is -4.12. The number of amides is 1. The average Bonchev–Trinajstić information content (AvgIpc) is 2.65. The Morgan fingerprint density at radius 3 is 2.36 bits per heavy atom. The van der Waals surface area contributed by atoms with E-state index in [-0.39, 0.29) is 39.7 Å². The fourth-order valence-corrected chi connectivity index (χ4v) is 4.40. The molecule has 0 N–H and O–H groups in total. The standard InChI is InChI=1S/C20H22ClFN2O3S/c1-5-12-24(17-9-7-16(22)8-10-17)28(26,27)19-13-15(6-11-18(19)21)20(25)23(4)14(2)3/h5-11,13-14H,1,12H2,2-4H3. The molecule has 5 nitrogen and oxygen atoms in total. The zero-order valence-electron chi connectivity index (χ0n) is 15.9. The number of hydrogen-bond donors (Lipinski definition) is 0. The topological polar surface area (TPSA) is 57.7 Å². The molecule has 0 saturated heterocycles. The van der Waals surface area contributed by atoms with Crippen LogP contribution in [0.1, 0.15) is 24.2 Å². The van der Waals surface area contributed by atoms with Crippen molar-refractivity contribution < 1.29 is 17.6 Å². The number of sulfonamides is 1. The monoisotopic (exact) mass is 424 g/mol. The van der Waals surface area contributed by atoms with Crippen molar-refractivity contribution >= 4 is 33.2 Å². The molecular weight excluding hydrogens is 403 g/mol. The first-order valence-corrected chi connectivity index (χ1v) is 10.4. The number of anilines is 1. The van der Waals surface area contributed by atoms with E-state index < -0.39 is 15.8 Å². The minimum Gasteiger partial charge on any atom is -0.339 e. The second-order valence-electron chi connectivity index (χ2n) is 6.46. The number of benzene rings is 2. The van der Waals surface area contributed by atoms with Gasteiger partial charge in [-0.3, -0.25) is 9.10 Å². The third-order valence-corrected chi connectivity index (χ3v) is 6.53. The van der Waals surface area contributed by atoms with Gasteiger partial charge >= 0.3 is 0 Å². The Bertz CT molecular complexity index is 975. The van der Waals surface area contributed by atoms with E-state index in [2.05, 4.69) is 6.58 Å². The number of carbonyl (C=O) groups excluding carboxylic acids is 1. The van der Waals surface area contributed by atoms with E-state index in [4.69, 9.17) is 11.6 Å². The third-order valence-electron chi connectivity index (χ3n) is 4.25. The molecule has 0 fully saturated rings. The summed E-state index contributed by atoms with van der Waals surface area (Å²) in [4.78, 5) is 13.9. The highest BCUT2D eigenvalue weighted by atomic mass is 35.5. The summed E-state index contributed by atoms with van der Waals surface area (Å²) in [6, 6.07) is 9.11. The zero-order chi connectivity index (χ0) is 21.1. The highest BCUT2D eigenvalue weighted by Gasteiger charge is 2.28. The van der Waals surface area contributed by atoms with E-state index in [0.717, 1.165) is 4.31 Å². The molecule has 0 radical (unpaired) electrons. The number of hydrogen-bond acceptors (Lipinski definition) is 3. The van der Waals surface area contributed by atoms with E-state index in [1.54, 1.807) is 7.05 Å². The maximum Gasteiger partial charge on any atom is 0.266 e. The predicted octanol–water partition coefficient (Wildman–Crippen LogP) is 4.34. The molecular formula is C20H22ClFN2O3S. The molecule has 0 spiro atoms. The highest BCUT2D eigenvalue weighted by molar-refractivity contribution is 7.93. The van der Waals surface area contributed by atoms with E-state index in [1.165, 1.54) is 53.4 Å². The van der Waals surface area contributed by atoms with Gasteiger partial charge in [-0.15, -0.1) is 6.58 Å². The van der Waals surface area contributed by atoms with Gasteiger partial charge in [0, 0.05) is 18.7 Å². The van der Waals surface area contributed by atoms with Crippen molar-refractivity contribution in [1.82, 2.24) is 4.90 Å². The van der Waals surface area contributed by atoms with E-state index in [0.29, 0.717) is 0 Å². The van der Waals surface area contributed by atoms with Gasteiger partial charge in [0.25, 0.3) is 15.9 Å². The molecule has 2 aromatic rings. The predicted molar refractivity (Wildman–Crippen MR) is 110 cm³/mol. The van der Waals surface area contributed by atoms with Gasteiger partial charge in [0.2, 0.25) is 0 Å². The van der Waals surface area contributed by atoms with Gasteiger partial charge in [0.1, 0.15) is 10.7 Å². The molecule has 0 aliphatic carbocycles. The number of carbonyl (C=O) groups is 1. The van der Waals surface area contributed by atoms with Crippen molar-refractivity contribution in [2.75, 3.05) is 17.9 Å². The fourth-order valence-electron chi connectivity index (χ4n) is 2.46. The van der Waals surface area contributed by atoms with Crippen molar-refractivity contribution in [3.05, 3.63) is 71.5 Å². The van der Waals surface area contributed by atoms with Crippen LogP contribution in [0.25, 0.3) is 0 Å². The van der Waals surface area contributed by atoms with Gasteiger partial charge in [-0.2, -0.15) is 0 Å². The summed E-state index contributed by atoms with van der Waals surface area (Å²) in [5.74, 6) is -0.804. The second kappa shape index (κ2) is 8.75. The lowest BCUT2D eigenvalue weighted by molar-refractivity contribution is 0.0754. The summed E-state index contributed by atoms with van der Waals surface area (Å²) in [7, 11) is -2.49. The lowest BCUT2D eigenvalue weighted by atomic mass is 10.2. The molecule has 1 amide bonds. The molecule has 0 aliphatic heterocycles. The molecule has 28 heavy (non-hydrogen) atoms. The lowest BCUT2D eigenvalue weighted by Gasteiger charge is -2.25. The van der Waals surface area contributed by atoms with E-state index in [9.17, 15) is 17.6 Å². The molecule has 0 saturated carbocycles. The normalized spacial score (nSPS) is 11.4. The molecule has 150 valence electrons. The van der Waals surface area contributed by atoms with Crippen LogP contribution in [0.2, 0.25) is 5.02 Å². The van der Waals surface area contributed by atoms with Crippen molar-refractivity contribution in [2.24, 2.45) is 0 Å². The smallest absolute Gasteiger partial charge is 0.266 e. The Balaban J connectivity index is 2.56. The number of rotatable bonds is 7. The molecule has 2 rings (SSSR count). The van der Waals surface area contributed by atoms with Crippen LogP contribution in [-0.2, 0) is 10.0 Å². The Hall–Kier alpha value is -2.38. The molecule has 0 atom stereocenters. The minimum absolute atomic E-state index is 0.0140. The lowest BCUT2D eigenvalue weighted by Crippen LogP contribution is -2.34. The number of halogens is 2. The summed E-state index contributed by atoms with van der Waals surface area (Å²) in [6.07, 6.45) is 1.41. The van der Waals surface area contributed by atoms with Gasteiger partial charge in [0.15, 0.2) is 0 Å². The molecule has 2 aromatic carbocycles. The largest absolute Gasteiger partial charge is 0.339 e. The molecule has 0 aromatic heterocycles. The van der Waals surface area contributed by atoms with E-state index in [1.807, 2.05) is 13.8 Å². The summed E-state index contributed by atoms with van der Waals surface area (Å²) in [6.45, 7) is 7.25. The molecule has 0 aliphatic rings. The first-order valence-electron chi connectivity index (χ1n) is 8.55. The van der Waals surface area contributed by atoms with Gasteiger partial charge in [-0.25, -0.2) is 12.8 Å². The summed E-state index contributed by atoms with van der Waals surface area (Å²) in [5, 5.41) is -0.0140. The van der Waals surface area contributed by atoms with Gasteiger partial charge in [-0.05, 0) is 56.3 Å². The van der Waals surface area contributed by atoms with Gasteiger partial charge in [0.05, 0.1) is 17.3 Å². The molecule has 0 unspecified atom stereocenters. The van der Waals surface area contributed by atoms with Crippen LogP contribution < -0.4 is 4.31 Å². The Kier molecular flexibility index (Phi) is 6.85. The fraction of sp³-hybridized carbons (Fsp3) is 0.250. The van der Waals surface area contributed by atoms with Crippen LogP contribution in [0.4, 0.5) is 10.1 Å². The van der Waals surface area contributed by atoms with Crippen molar-refractivity contribution in [3.63, 3.8) is 0 Å². The van der Waals surface area contributed by atoms with Crippen molar-refractivity contribution in [3.8, 4) is 0 Å². The van der Waals surface area contributed by atoms with Gasteiger partial charge in [-0.1, -0.05) is 17.7 Å². The highest BCUT2D eigenvalue weighted by Crippen LogP contribution is 2.30. The van der Waals surface area contributed by atoms with Crippen molar-refractivity contribution in [2.45, 2.75) is 24.8 Å². The quantitative estimate of drug-likeness (QED) is 0.621. The first kappa shape index (κ1) is 21.9. The van der Waals surface area contributed by atoms with E-state index >= 15 is 0 Å². The van der Waals surface area contributed by atoms with Crippen LogP contribution in [0.5, 0.6) is 0 Å². The van der Waals surface area contributed by atoms with Crippen LogP contribution >= 0.6 is 11.6 Å². The van der Waals surface area contributed by atoms with Crippen molar-refractivity contribution in [1.29, 1.82) is 0 Å². The third kappa shape index (κ3) is 4.54. The first-order chi connectivity index (χ1) is 13.1. The van der Waals surface area contributed by atoms with Crippen LogP contribution in [0.15, 0.2) is 60.0 Å². The molecule has 0 heterocycles. The maximum absolute atomic E-state index is 13.3. The SMILES string of the molecule is C=CCN(c1ccc(F)cc1)S(=O)(=O)c1cc(C(=O)N(C)C(C)C)ccc1Cl. The Labute approximate surface area is 170 Å². The van der Waals surface area contributed by atoms with Gasteiger partial charge < -0.3 is 4.90 Å².